The van der Waals surface area contributed by atoms with Crippen molar-refractivity contribution in [2.75, 3.05) is 18.5 Å². The second-order valence-electron chi connectivity index (χ2n) is 8.64. The Morgan fingerprint density at radius 1 is 1.22 bits per heavy atom. The van der Waals surface area contributed by atoms with Crippen molar-refractivity contribution in [3.63, 3.8) is 0 Å². The minimum atomic E-state index is -0.845. The van der Waals surface area contributed by atoms with Crippen LogP contribution >= 0.6 is 0 Å². The number of halogens is 2. The molecule has 0 aliphatic carbocycles. The van der Waals surface area contributed by atoms with Crippen molar-refractivity contribution in [2.24, 2.45) is 0 Å². The van der Waals surface area contributed by atoms with Crippen molar-refractivity contribution in [3.8, 4) is 17.6 Å². The number of nitriles is 1. The van der Waals surface area contributed by atoms with Crippen LogP contribution in [0.15, 0.2) is 54.9 Å². The number of aliphatic hydroxyl groups excluding tert-OH is 1. The Labute approximate surface area is 210 Å². The highest BCUT2D eigenvalue weighted by Crippen LogP contribution is 2.33. The zero-order chi connectivity index (χ0) is 25.9. The lowest BCUT2D eigenvalue weighted by Gasteiger charge is -2.29. The van der Waals surface area contributed by atoms with Gasteiger partial charge in [-0.3, -0.25) is 4.79 Å². The molecule has 5 rings (SSSR count). The van der Waals surface area contributed by atoms with Crippen LogP contribution in [-0.2, 0) is 4.74 Å². The summed E-state index contributed by atoms with van der Waals surface area (Å²) < 4.78 is 40.0. The number of aromatic amines is 1. The van der Waals surface area contributed by atoms with Crippen LogP contribution in [0, 0.1) is 23.0 Å². The van der Waals surface area contributed by atoms with Gasteiger partial charge >= 0.3 is 0 Å². The van der Waals surface area contributed by atoms with Gasteiger partial charge in [-0.2, -0.15) is 5.26 Å². The Hall–Kier alpha value is -4.33. The average Bonchev–Trinajstić information content (AvgIpc) is 3.35. The number of para-hydroxylation sites is 1. The standard InChI is InChI=1S/C27H22F2N4O4/c28-21-3-1-2-4-23(21)37-17-7-8-19(22(29)9-17)26(35)20-12-32-27-24(20)25(15(10-30)11-31-27)33-16-5-6-18(13-34)36-14-16/h1-4,7-9,11-12,16,18,34H,5-6,13-14H2,(H2,31,32,33)/t16-,18+/m1/s1. The number of pyridine rings is 1. The maximum Gasteiger partial charge on any atom is 0.198 e. The number of hydrogen-bond donors (Lipinski definition) is 3. The average molecular weight is 504 g/mol. The molecule has 2 aromatic heterocycles. The number of benzene rings is 2. The molecule has 188 valence electrons. The zero-order valence-corrected chi connectivity index (χ0v) is 19.5. The number of hydrogen-bond acceptors (Lipinski definition) is 7. The third-order valence-electron chi connectivity index (χ3n) is 6.24. The van der Waals surface area contributed by atoms with E-state index in [1.807, 2.05) is 0 Å². The van der Waals surface area contributed by atoms with E-state index in [1.54, 1.807) is 6.07 Å². The number of rotatable bonds is 7. The van der Waals surface area contributed by atoms with E-state index in [-0.39, 0.29) is 46.9 Å². The SMILES string of the molecule is N#Cc1cnc2[nH]cc(C(=O)c3ccc(Oc4ccccc4F)cc3F)c2c1N[C@@H]1CC[C@@H](CO)OC1. The number of fused-ring (bicyclic) bond motifs is 1. The van der Waals surface area contributed by atoms with E-state index in [1.165, 1.54) is 42.7 Å². The van der Waals surface area contributed by atoms with E-state index in [2.05, 4.69) is 21.4 Å². The normalized spacial score (nSPS) is 17.4. The van der Waals surface area contributed by atoms with Gasteiger partial charge in [0.1, 0.15) is 23.3 Å². The Bertz CT molecular complexity index is 1510. The highest BCUT2D eigenvalue weighted by molar-refractivity contribution is 6.19. The van der Waals surface area contributed by atoms with Crippen LogP contribution in [-0.4, -0.2) is 46.2 Å². The molecule has 0 spiro atoms. The molecule has 1 aliphatic heterocycles. The summed E-state index contributed by atoms with van der Waals surface area (Å²) in [7, 11) is 0. The second kappa shape index (κ2) is 10.3. The molecular formula is C27H22F2N4O4. The lowest BCUT2D eigenvalue weighted by atomic mass is 9.99. The lowest BCUT2D eigenvalue weighted by Crippen LogP contribution is -2.36. The number of carbonyl (C=O) groups is 1. The van der Waals surface area contributed by atoms with Gasteiger partial charge in [0.05, 0.1) is 47.1 Å². The predicted octanol–water partition coefficient (Wildman–Crippen LogP) is 4.69. The van der Waals surface area contributed by atoms with Gasteiger partial charge in [-0.15, -0.1) is 0 Å². The third-order valence-corrected chi connectivity index (χ3v) is 6.24. The van der Waals surface area contributed by atoms with E-state index in [0.717, 1.165) is 6.07 Å². The molecule has 1 fully saturated rings. The van der Waals surface area contributed by atoms with Crippen molar-refractivity contribution >= 4 is 22.5 Å². The van der Waals surface area contributed by atoms with Crippen LogP contribution in [0.1, 0.15) is 34.3 Å². The number of aliphatic hydroxyl groups is 1. The van der Waals surface area contributed by atoms with Gasteiger partial charge in [-0.1, -0.05) is 12.1 Å². The first-order valence-corrected chi connectivity index (χ1v) is 11.6. The molecule has 0 unspecified atom stereocenters. The topological polar surface area (TPSA) is 120 Å². The summed E-state index contributed by atoms with van der Waals surface area (Å²) >= 11 is 0. The number of ether oxygens (including phenoxy) is 2. The number of ketones is 1. The van der Waals surface area contributed by atoms with Gasteiger partial charge < -0.3 is 24.9 Å². The molecule has 0 bridgehead atoms. The molecule has 37 heavy (non-hydrogen) atoms. The summed E-state index contributed by atoms with van der Waals surface area (Å²) in [5.41, 5.74) is 0.887. The fourth-order valence-corrected chi connectivity index (χ4v) is 4.32. The van der Waals surface area contributed by atoms with Crippen LogP contribution in [0.2, 0.25) is 0 Å². The quantitative estimate of drug-likeness (QED) is 0.312. The molecule has 2 atom stereocenters. The van der Waals surface area contributed by atoms with E-state index in [9.17, 15) is 19.6 Å². The van der Waals surface area contributed by atoms with Crippen LogP contribution in [0.25, 0.3) is 11.0 Å². The lowest BCUT2D eigenvalue weighted by molar-refractivity contribution is -0.0223. The first-order valence-electron chi connectivity index (χ1n) is 11.6. The molecule has 3 heterocycles. The summed E-state index contributed by atoms with van der Waals surface area (Å²) in [5.74, 6) is -2.10. The minimum Gasteiger partial charge on any atom is -0.454 e. The van der Waals surface area contributed by atoms with E-state index in [0.29, 0.717) is 36.2 Å². The molecule has 0 amide bonds. The molecule has 0 saturated carbocycles. The van der Waals surface area contributed by atoms with Crippen LogP contribution < -0.4 is 10.1 Å². The monoisotopic (exact) mass is 504 g/mol. The first kappa shape index (κ1) is 24.4. The van der Waals surface area contributed by atoms with E-state index < -0.39 is 17.4 Å². The van der Waals surface area contributed by atoms with Gasteiger partial charge in [0.25, 0.3) is 0 Å². The summed E-state index contributed by atoms with van der Waals surface area (Å²) in [5, 5.41) is 22.6. The maximum atomic E-state index is 15.1. The minimum absolute atomic E-state index is 0.0346. The molecule has 3 N–H and O–H groups in total. The maximum absolute atomic E-state index is 15.1. The summed E-state index contributed by atoms with van der Waals surface area (Å²) in [6, 6.07) is 11.3. The molecule has 10 heteroatoms. The number of aromatic nitrogens is 2. The zero-order valence-electron chi connectivity index (χ0n) is 19.5. The van der Waals surface area contributed by atoms with Crippen LogP contribution in [0.5, 0.6) is 11.5 Å². The second-order valence-corrected chi connectivity index (χ2v) is 8.64. The molecule has 1 saturated heterocycles. The number of nitrogens with zero attached hydrogens (tertiary/aromatic N) is 2. The largest absolute Gasteiger partial charge is 0.454 e. The van der Waals surface area contributed by atoms with Crippen molar-refractivity contribution in [2.45, 2.75) is 25.0 Å². The highest BCUT2D eigenvalue weighted by atomic mass is 19.1. The van der Waals surface area contributed by atoms with Gasteiger partial charge in [0.2, 0.25) is 0 Å². The predicted molar refractivity (Wildman–Crippen MR) is 131 cm³/mol. The number of anilines is 1. The van der Waals surface area contributed by atoms with Gasteiger partial charge in [-0.05, 0) is 37.1 Å². The molecule has 1 aliphatic rings. The number of H-pyrrole nitrogens is 1. The Morgan fingerprint density at radius 2 is 2.05 bits per heavy atom. The first-order chi connectivity index (χ1) is 18.0. The molecule has 2 aromatic carbocycles. The van der Waals surface area contributed by atoms with Gasteiger partial charge in [0, 0.05) is 24.5 Å². The van der Waals surface area contributed by atoms with Crippen molar-refractivity contribution in [1.82, 2.24) is 9.97 Å². The van der Waals surface area contributed by atoms with Gasteiger partial charge in [-0.25, -0.2) is 13.8 Å². The van der Waals surface area contributed by atoms with Crippen LogP contribution in [0.4, 0.5) is 14.5 Å². The number of nitrogens with one attached hydrogen (secondary N) is 2. The fraction of sp³-hybridized carbons (Fsp3) is 0.222. The fourth-order valence-electron chi connectivity index (χ4n) is 4.32. The summed E-state index contributed by atoms with van der Waals surface area (Å²) in [6.45, 7) is 0.244. The molecule has 8 nitrogen and oxygen atoms in total. The Kier molecular flexibility index (Phi) is 6.81. The highest BCUT2D eigenvalue weighted by Gasteiger charge is 2.26. The smallest absolute Gasteiger partial charge is 0.198 e. The third kappa shape index (κ3) is 4.87. The summed E-state index contributed by atoms with van der Waals surface area (Å²) in [6.07, 6.45) is 3.91. The Morgan fingerprint density at radius 3 is 2.76 bits per heavy atom. The van der Waals surface area contributed by atoms with Crippen molar-refractivity contribution in [3.05, 3.63) is 83.2 Å². The number of carbonyl (C=O) groups excluding carboxylic acids is 1. The Balaban J connectivity index is 1.47. The van der Waals surface area contributed by atoms with Crippen LogP contribution in [0.3, 0.4) is 0 Å². The van der Waals surface area contributed by atoms with Gasteiger partial charge in [0.15, 0.2) is 17.3 Å². The van der Waals surface area contributed by atoms with E-state index in [4.69, 9.17) is 9.47 Å². The summed E-state index contributed by atoms with van der Waals surface area (Å²) in [4.78, 5) is 20.6. The van der Waals surface area contributed by atoms with Crippen molar-refractivity contribution < 1.29 is 28.2 Å². The molecule has 4 aromatic rings. The molecule has 0 radical (unpaired) electrons. The molecular weight excluding hydrogens is 482 g/mol. The van der Waals surface area contributed by atoms with E-state index >= 15 is 4.39 Å². The van der Waals surface area contributed by atoms with Crippen molar-refractivity contribution in [1.29, 1.82) is 5.26 Å².